The van der Waals surface area contributed by atoms with Crippen molar-refractivity contribution in [2.24, 2.45) is 0 Å². The largest absolute Gasteiger partial charge is 0.383 e. The second-order valence-electron chi connectivity index (χ2n) is 3.52. The topological polar surface area (TPSA) is 74.2 Å². The number of carbonyl (C=O) groups is 1. The molecule has 6 heteroatoms. The molecule has 0 aliphatic carbocycles. The minimum atomic E-state index is -0.232. The van der Waals surface area contributed by atoms with Gasteiger partial charge in [-0.05, 0) is 18.2 Å². The van der Waals surface area contributed by atoms with Crippen LogP contribution < -0.4 is 10.6 Å². The minimum Gasteiger partial charge on any atom is -0.383 e. The number of rotatable bonds is 6. The van der Waals surface area contributed by atoms with Gasteiger partial charge in [0.1, 0.15) is 6.07 Å². The van der Waals surface area contributed by atoms with E-state index in [1.54, 1.807) is 25.3 Å². The summed E-state index contributed by atoms with van der Waals surface area (Å²) >= 11 is 5.81. The van der Waals surface area contributed by atoms with Crippen LogP contribution in [0.3, 0.4) is 0 Å². The van der Waals surface area contributed by atoms with Crippen LogP contribution in [-0.2, 0) is 9.53 Å². The van der Waals surface area contributed by atoms with Gasteiger partial charge >= 0.3 is 0 Å². The third kappa shape index (κ3) is 4.72. The van der Waals surface area contributed by atoms with Crippen molar-refractivity contribution >= 4 is 23.2 Å². The highest BCUT2D eigenvalue weighted by molar-refractivity contribution is 6.31. The van der Waals surface area contributed by atoms with Gasteiger partial charge in [-0.15, -0.1) is 0 Å². The lowest BCUT2D eigenvalue weighted by Crippen LogP contribution is -2.30. The van der Waals surface area contributed by atoms with Crippen LogP contribution in [0.2, 0.25) is 5.02 Å². The number of amides is 1. The smallest absolute Gasteiger partial charge is 0.238 e. The first kappa shape index (κ1) is 14.5. The van der Waals surface area contributed by atoms with Gasteiger partial charge in [-0.1, -0.05) is 11.6 Å². The summed E-state index contributed by atoms with van der Waals surface area (Å²) in [5.74, 6) is -0.232. The van der Waals surface area contributed by atoms with Crippen molar-refractivity contribution in [3.05, 3.63) is 28.8 Å². The summed E-state index contributed by atoms with van der Waals surface area (Å²) < 4.78 is 4.84. The van der Waals surface area contributed by atoms with E-state index >= 15 is 0 Å². The Kier molecular flexibility index (Phi) is 6.15. The number of nitriles is 1. The fourth-order valence-electron chi connectivity index (χ4n) is 1.29. The molecule has 0 aromatic heterocycles. The number of methoxy groups -OCH3 is 1. The molecular weight excluding hydrogens is 254 g/mol. The number of halogens is 1. The van der Waals surface area contributed by atoms with Crippen LogP contribution in [0.1, 0.15) is 5.56 Å². The molecule has 0 aliphatic rings. The lowest BCUT2D eigenvalue weighted by Gasteiger charge is -2.08. The molecule has 1 aromatic carbocycles. The molecule has 0 atom stereocenters. The van der Waals surface area contributed by atoms with Gasteiger partial charge in [0, 0.05) is 18.7 Å². The van der Waals surface area contributed by atoms with E-state index in [0.717, 1.165) is 0 Å². The van der Waals surface area contributed by atoms with E-state index < -0.39 is 0 Å². The molecule has 18 heavy (non-hydrogen) atoms. The predicted molar refractivity (Wildman–Crippen MR) is 69.5 cm³/mol. The average Bonchev–Trinajstić information content (AvgIpc) is 2.35. The fraction of sp³-hybridized carbons (Fsp3) is 0.333. The van der Waals surface area contributed by atoms with Gasteiger partial charge in [-0.25, -0.2) is 0 Å². The molecule has 0 radical (unpaired) electrons. The summed E-state index contributed by atoms with van der Waals surface area (Å²) in [6.45, 7) is 1.28. The maximum absolute atomic E-state index is 11.6. The van der Waals surface area contributed by atoms with Crippen LogP contribution in [0.4, 0.5) is 5.69 Å². The number of carbonyl (C=O) groups excluding carboxylic acids is 1. The molecule has 1 aromatic rings. The Labute approximate surface area is 111 Å². The van der Waals surface area contributed by atoms with Crippen molar-refractivity contribution in [1.29, 1.82) is 5.26 Å². The van der Waals surface area contributed by atoms with Gasteiger partial charge < -0.3 is 15.4 Å². The van der Waals surface area contributed by atoms with E-state index in [4.69, 9.17) is 21.6 Å². The predicted octanol–water partition coefficient (Wildman–Crippen LogP) is 1.39. The number of hydrogen-bond donors (Lipinski definition) is 2. The lowest BCUT2D eigenvalue weighted by atomic mass is 10.2. The van der Waals surface area contributed by atoms with Crippen LogP contribution >= 0.6 is 11.6 Å². The van der Waals surface area contributed by atoms with E-state index in [0.29, 0.717) is 29.4 Å². The number of nitrogens with one attached hydrogen (secondary N) is 2. The highest BCUT2D eigenvalue weighted by atomic mass is 35.5. The first-order valence-corrected chi connectivity index (χ1v) is 5.74. The summed E-state index contributed by atoms with van der Waals surface area (Å²) in [7, 11) is 1.59. The number of nitrogens with zero attached hydrogens (tertiary/aromatic N) is 1. The maximum atomic E-state index is 11.6. The Bertz CT molecular complexity index is 457. The van der Waals surface area contributed by atoms with E-state index in [-0.39, 0.29) is 12.5 Å². The molecule has 96 valence electrons. The standard InChI is InChI=1S/C12H14ClN3O2/c1-18-5-4-15-8-12(17)16-11-6-10(13)3-2-9(11)7-14/h2-3,6,15H,4-5,8H2,1H3,(H,16,17). The van der Waals surface area contributed by atoms with Crippen LogP contribution in [0.25, 0.3) is 0 Å². The summed E-state index contributed by atoms with van der Waals surface area (Å²) in [4.78, 5) is 11.6. The molecule has 5 nitrogen and oxygen atoms in total. The minimum absolute atomic E-state index is 0.154. The van der Waals surface area contributed by atoms with Crippen LogP contribution in [0.5, 0.6) is 0 Å². The molecule has 0 fully saturated rings. The molecular formula is C12H14ClN3O2. The second-order valence-corrected chi connectivity index (χ2v) is 3.96. The number of ether oxygens (including phenoxy) is 1. The Hall–Kier alpha value is -1.61. The Morgan fingerprint density at radius 3 is 3.00 bits per heavy atom. The molecule has 0 aliphatic heterocycles. The summed E-state index contributed by atoms with van der Waals surface area (Å²) in [5.41, 5.74) is 0.799. The van der Waals surface area contributed by atoms with E-state index in [1.807, 2.05) is 6.07 Å². The van der Waals surface area contributed by atoms with Crippen molar-refractivity contribution in [1.82, 2.24) is 5.32 Å². The quantitative estimate of drug-likeness (QED) is 0.764. The fourth-order valence-corrected chi connectivity index (χ4v) is 1.46. The van der Waals surface area contributed by atoms with Crippen LogP contribution in [0.15, 0.2) is 18.2 Å². The molecule has 1 rings (SSSR count). The Morgan fingerprint density at radius 1 is 1.56 bits per heavy atom. The van der Waals surface area contributed by atoms with Crippen molar-refractivity contribution in [3.8, 4) is 6.07 Å². The number of benzene rings is 1. The van der Waals surface area contributed by atoms with Gasteiger partial charge in [-0.3, -0.25) is 4.79 Å². The normalized spacial score (nSPS) is 9.83. The zero-order valence-corrected chi connectivity index (χ0v) is 10.8. The van der Waals surface area contributed by atoms with Crippen molar-refractivity contribution in [2.75, 3.05) is 32.1 Å². The zero-order chi connectivity index (χ0) is 13.4. The number of anilines is 1. The van der Waals surface area contributed by atoms with Gasteiger partial charge in [-0.2, -0.15) is 5.26 Å². The second kappa shape index (κ2) is 7.67. The van der Waals surface area contributed by atoms with Gasteiger partial charge in [0.2, 0.25) is 5.91 Å². The first-order chi connectivity index (χ1) is 8.67. The molecule has 0 saturated heterocycles. The third-order valence-electron chi connectivity index (χ3n) is 2.14. The maximum Gasteiger partial charge on any atom is 0.238 e. The van der Waals surface area contributed by atoms with Gasteiger partial charge in [0.15, 0.2) is 0 Å². The third-order valence-corrected chi connectivity index (χ3v) is 2.38. The summed E-state index contributed by atoms with van der Waals surface area (Å²) in [6, 6.07) is 6.71. The molecule has 2 N–H and O–H groups in total. The molecule has 0 saturated carbocycles. The van der Waals surface area contributed by atoms with E-state index in [1.165, 1.54) is 0 Å². The summed E-state index contributed by atoms with van der Waals surface area (Å²) in [6.07, 6.45) is 0. The molecule has 1 amide bonds. The first-order valence-electron chi connectivity index (χ1n) is 5.36. The Balaban J connectivity index is 2.54. The summed E-state index contributed by atoms with van der Waals surface area (Å²) in [5, 5.41) is 14.9. The van der Waals surface area contributed by atoms with Crippen LogP contribution in [0, 0.1) is 11.3 Å². The van der Waals surface area contributed by atoms with Gasteiger partial charge in [0.05, 0.1) is 24.4 Å². The molecule has 0 heterocycles. The van der Waals surface area contributed by atoms with E-state index in [2.05, 4.69) is 10.6 Å². The Morgan fingerprint density at radius 2 is 2.33 bits per heavy atom. The van der Waals surface area contributed by atoms with E-state index in [9.17, 15) is 4.79 Å². The van der Waals surface area contributed by atoms with Crippen LogP contribution in [-0.4, -0.2) is 32.7 Å². The highest BCUT2D eigenvalue weighted by Gasteiger charge is 2.07. The molecule has 0 unspecified atom stereocenters. The average molecular weight is 268 g/mol. The molecule has 0 bridgehead atoms. The highest BCUT2D eigenvalue weighted by Crippen LogP contribution is 2.20. The van der Waals surface area contributed by atoms with Crippen molar-refractivity contribution in [2.45, 2.75) is 0 Å². The zero-order valence-electron chi connectivity index (χ0n) is 10.00. The van der Waals surface area contributed by atoms with Crippen molar-refractivity contribution in [3.63, 3.8) is 0 Å². The lowest BCUT2D eigenvalue weighted by molar-refractivity contribution is -0.115. The monoisotopic (exact) mass is 267 g/mol. The van der Waals surface area contributed by atoms with Crippen molar-refractivity contribution < 1.29 is 9.53 Å². The SMILES string of the molecule is COCCNCC(=O)Nc1cc(Cl)ccc1C#N. The van der Waals surface area contributed by atoms with Gasteiger partial charge in [0.25, 0.3) is 0 Å². The number of hydrogen-bond acceptors (Lipinski definition) is 4. The molecule has 0 spiro atoms.